The van der Waals surface area contributed by atoms with Gasteiger partial charge in [-0.25, -0.2) is 9.78 Å². The molecule has 5 nitrogen and oxygen atoms in total. The maximum atomic E-state index is 11.9. The average Bonchev–Trinajstić information content (AvgIpc) is 3.16. The van der Waals surface area contributed by atoms with Gasteiger partial charge in [0.15, 0.2) is 5.82 Å². The van der Waals surface area contributed by atoms with Gasteiger partial charge in [-0.15, -0.1) is 5.10 Å². The average molecular weight is 412 g/mol. The van der Waals surface area contributed by atoms with Gasteiger partial charge in [-0.1, -0.05) is 54.6 Å². The third-order valence-electron chi connectivity index (χ3n) is 4.57. The highest BCUT2D eigenvalue weighted by atomic mass is 35.5. The van der Waals surface area contributed by atoms with E-state index >= 15 is 0 Å². The van der Waals surface area contributed by atoms with Gasteiger partial charge in [0.05, 0.1) is 0 Å². The Hall–Kier alpha value is -2.57. The number of aromatic amines is 1. The van der Waals surface area contributed by atoms with Gasteiger partial charge in [-0.05, 0) is 42.2 Å². The zero-order valence-corrected chi connectivity index (χ0v) is 17.0. The van der Waals surface area contributed by atoms with E-state index in [-0.39, 0.29) is 5.63 Å². The number of thioether (sulfide) groups is 1. The number of halogens is 1. The number of benzene rings is 2. The highest BCUT2D eigenvalue weighted by molar-refractivity contribution is 7.98. The predicted octanol–water partition coefficient (Wildman–Crippen LogP) is 5.39. The van der Waals surface area contributed by atoms with Gasteiger partial charge < -0.3 is 4.42 Å². The molecule has 0 aliphatic rings. The summed E-state index contributed by atoms with van der Waals surface area (Å²) in [5, 5.41) is 9.35. The van der Waals surface area contributed by atoms with Crippen LogP contribution < -0.4 is 5.63 Å². The van der Waals surface area contributed by atoms with Crippen LogP contribution in [0.1, 0.15) is 23.6 Å². The van der Waals surface area contributed by atoms with Crippen LogP contribution in [0.2, 0.25) is 5.02 Å². The van der Waals surface area contributed by atoms with Crippen LogP contribution in [0.4, 0.5) is 0 Å². The molecule has 0 spiro atoms. The first-order chi connectivity index (χ1) is 13.5. The number of hydrogen-bond donors (Lipinski definition) is 1. The Balaban J connectivity index is 1.57. The van der Waals surface area contributed by atoms with Crippen LogP contribution in [0.25, 0.3) is 22.4 Å². The van der Waals surface area contributed by atoms with Crippen LogP contribution in [-0.2, 0) is 12.2 Å². The third-order valence-corrected chi connectivity index (χ3v) is 5.87. The van der Waals surface area contributed by atoms with Gasteiger partial charge in [-0.3, -0.25) is 5.10 Å². The quantitative estimate of drug-likeness (QED) is 0.352. The van der Waals surface area contributed by atoms with Crippen molar-refractivity contribution in [2.45, 2.75) is 31.2 Å². The summed E-state index contributed by atoms with van der Waals surface area (Å²) in [5.41, 5.74) is 4.14. The maximum Gasteiger partial charge on any atom is 0.336 e. The van der Waals surface area contributed by atoms with E-state index < -0.39 is 0 Å². The van der Waals surface area contributed by atoms with Crippen LogP contribution in [0.3, 0.4) is 0 Å². The minimum atomic E-state index is -0.378. The first-order valence-corrected chi connectivity index (χ1v) is 10.3. The second-order valence-electron chi connectivity index (χ2n) is 6.49. The zero-order valence-electron chi connectivity index (χ0n) is 15.5. The zero-order chi connectivity index (χ0) is 19.7. The lowest BCUT2D eigenvalue weighted by Crippen LogP contribution is -2.00. The molecule has 0 unspecified atom stereocenters. The van der Waals surface area contributed by atoms with Gasteiger partial charge in [-0.2, -0.15) is 0 Å². The van der Waals surface area contributed by atoms with Crippen LogP contribution in [0, 0.1) is 6.92 Å². The number of nitrogens with zero attached hydrogens (tertiary/aromatic N) is 2. The summed E-state index contributed by atoms with van der Waals surface area (Å²) in [7, 11) is 0. The molecule has 2 aromatic carbocycles. The number of H-pyrrole nitrogens is 1. The van der Waals surface area contributed by atoms with Crippen molar-refractivity contribution >= 4 is 34.3 Å². The summed E-state index contributed by atoms with van der Waals surface area (Å²) in [6.45, 7) is 4.01. The SMILES string of the molecule is CCc1ccc(-c2nc(SCc3cc(=O)oc4cc(C)c(Cl)cc34)n[nH]2)cc1. The minimum absolute atomic E-state index is 0.378. The van der Waals surface area contributed by atoms with E-state index in [4.69, 9.17) is 16.0 Å². The Morgan fingerprint density at radius 2 is 1.96 bits per heavy atom. The molecular weight excluding hydrogens is 394 g/mol. The fraction of sp³-hybridized carbons (Fsp3) is 0.190. The fourth-order valence-corrected chi connectivity index (χ4v) is 3.90. The summed E-state index contributed by atoms with van der Waals surface area (Å²) in [6, 6.07) is 13.4. The van der Waals surface area contributed by atoms with Crippen molar-refractivity contribution in [1.29, 1.82) is 0 Å². The molecule has 0 aliphatic carbocycles. The molecule has 4 rings (SSSR count). The lowest BCUT2D eigenvalue weighted by molar-refractivity contribution is 0.559. The van der Waals surface area contributed by atoms with Gasteiger partial charge in [0.1, 0.15) is 5.58 Å². The number of aryl methyl sites for hydroxylation is 2. The van der Waals surface area contributed by atoms with Gasteiger partial charge in [0.25, 0.3) is 0 Å². The smallest absolute Gasteiger partial charge is 0.336 e. The Labute approximate surface area is 171 Å². The van der Waals surface area contributed by atoms with Crippen molar-refractivity contribution in [1.82, 2.24) is 15.2 Å². The first-order valence-electron chi connectivity index (χ1n) is 8.91. The van der Waals surface area contributed by atoms with Crippen LogP contribution in [0.15, 0.2) is 56.8 Å². The number of aromatic nitrogens is 3. The lowest BCUT2D eigenvalue weighted by Gasteiger charge is -2.06. The molecule has 0 bridgehead atoms. The molecule has 2 aromatic heterocycles. The Morgan fingerprint density at radius 3 is 2.71 bits per heavy atom. The van der Waals surface area contributed by atoms with Crippen molar-refractivity contribution in [3.63, 3.8) is 0 Å². The van der Waals surface area contributed by atoms with E-state index in [1.807, 2.05) is 25.1 Å². The number of hydrogen-bond acceptors (Lipinski definition) is 5. The number of nitrogens with one attached hydrogen (secondary N) is 1. The summed E-state index contributed by atoms with van der Waals surface area (Å²) in [5.74, 6) is 1.26. The van der Waals surface area contributed by atoms with E-state index in [1.165, 1.54) is 23.4 Å². The molecule has 142 valence electrons. The lowest BCUT2D eigenvalue weighted by atomic mass is 10.1. The predicted molar refractivity (Wildman–Crippen MR) is 113 cm³/mol. The van der Waals surface area contributed by atoms with E-state index in [9.17, 15) is 4.79 Å². The summed E-state index contributed by atoms with van der Waals surface area (Å²) in [4.78, 5) is 16.5. The highest BCUT2D eigenvalue weighted by Crippen LogP contribution is 2.29. The first kappa shape index (κ1) is 18.8. The topological polar surface area (TPSA) is 71.8 Å². The van der Waals surface area contributed by atoms with Crippen molar-refractivity contribution in [3.05, 3.63) is 74.6 Å². The molecule has 0 aliphatic heterocycles. The molecule has 0 radical (unpaired) electrons. The highest BCUT2D eigenvalue weighted by Gasteiger charge is 2.11. The standard InChI is InChI=1S/C21H18ClN3O2S/c1-3-13-4-6-14(7-5-13)20-23-21(25-24-20)28-11-15-9-19(26)27-18-8-12(2)17(22)10-16(15)18/h4-10H,3,11H2,1-2H3,(H,23,24,25). The molecule has 28 heavy (non-hydrogen) atoms. The molecule has 0 atom stereocenters. The second-order valence-corrected chi connectivity index (χ2v) is 7.84. The van der Waals surface area contributed by atoms with E-state index in [1.54, 1.807) is 6.07 Å². The van der Waals surface area contributed by atoms with Crippen molar-refractivity contribution < 1.29 is 4.42 Å². The molecule has 7 heteroatoms. The van der Waals surface area contributed by atoms with E-state index in [0.717, 1.165) is 34.3 Å². The van der Waals surface area contributed by atoms with Gasteiger partial charge in [0, 0.05) is 27.8 Å². The van der Waals surface area contributed by atoms with E-state index in [2.05, 4.69) is 34.2 Å². The summed E-state index contributed by atoms with van der Waals surface area (Å²) >= 11 is 7.71. The third kappa shape index (κ3) is 3.84. The normalized spacial score (nSPS) is 11.2. The van der Waals surface area contributed by atoms with Crippen molar-refractivity contribution in [2.24, 2.45) is 0 Å². The monoisotopic (exact) mass is 411 g/mol. The molecule has 0 fully saturated rings. The van der Waals surface area contributed by atoms with Crippen molar-refractivity contribution in [3.8, 4) is 11.4 Å². The summed E-state index contributed by atoms with van der Waals surface area (Å²) < 4.78 is 5.31. The molecule has 2 heterocycles. The Kier molecular flexibility index (Phi) is 5.24. The molecule has 0 saturated heterocycles. The Morgan fingerprint density at radius 1 is 1.18 bits per heavy atom. The largest absolute Gasteiger partial charge is 0.423 e. The second kappa shape index (κ2) is 7.81. The van der Waals surface area contributed by atoms with Crippen LogP contribution in [-0.4, -0.2) is 15.2 Å². The Bertz CT molecular complexity index is 1200. The molecule has 0 saturated carbocycles. The number of rotatable bonds is 5. The minimum Gasteiger partial charge on any atom is -0.423 e. The van der Waals surface area contributed by atoms with E-state index in [0.29, 0.717) is 21.5 Å². The summed E-state index contributed by atoms with van der Waals surface area (Å²) in [6.07, 6.45) is 1.00. The molecular formula is C21H18ClN3O2S. The molecule has 1 N–H and O–H groups in total. The van der Waals surface area contributed by atoms with Gasteiger partial charge >= 0.3 is 5.63 Å². The van der Waals surface area contributed by atoms with Gasteiger partial charge in [0.2, 0.25) is 5.16 Å². The van der Waals surface area contributed by atoms with Crippen LogP contribution in [0.5, 0.6) is 0 Å². The fourth-order valence-electron chi connectivity index (χ4n) is 2.95. The van der Waals surface area contributed by atoms with Crippen LogP contribution >= 0.6 is 23.4 Å². The van der Waals surface area contributed by atoms with Crippen molar-refractivity contribution in [2.75, 3.05) is 0 Å². The number of fused-ring (bicyclic) bond motifs is 1. The molecule has 0 amide bonds. The molecule has 4 aromatic rings. The maximum absolute atomic E-state index is 11.9.